The number of fused-ring (bicyclic) bond motifs is 2. The fourth-order valence-electron chi connectivity index (χ4n) is 4.39. The first kappa shape index (κ1) is 20.5. The standard InChI is InChI=1S/C25H23ClN4O2/c1-29(2)24(31)19-13-22(27-20-6-4-3-5-18(19)20)16-9-10-30(14-16)25(32)23-11-15-7-8-17(26)12-21(15)28-23/h3-8,11-13,16,28H,9-10,14H2,1-2H3. The van der Waals surface area contributed by atoms with Gasteiger partial charge in [0.25, 0.3) is 11.8 Å². The third-order valence-electron chi connectivity index (χ3n) is 6.08. The highest BCUT2D eigenvalue weighted by atomic mass is 35.5. The number of carbonyl (C=O) groups is 2. The third kappa shape index (κ3) is 3.60. The van der Waals surface area contributed by atoms with E-state index in [4.69, 9.17) is 16.6 Å². The zero-order valence-corrected chi connectivity index (χ0v) is 18.7. The average Bonchev–Trinajstić information content (AvgIpc) is 3.44. The predicted molar refractivity (Wildman–Crippen MR) is 126 cm³/mol. The smallest absolute Gasteiger partial charge is 0.270 e. The van der Waals surface area contributed by atoms with Gasteiger partial charge in [-0.05, 0) is 36.8 Å². The molecule has 0 saturated carbocycles. The minimum absolute atomic E-state index is 0.0368. The topological polar surface area (TPSA) is 69.3 Å². The molecule has 0 spiro atoms. The van der Waals surface area contributed by atoms with Crippen molar-refractivity contribution in [3.63, 3.8) is 0 Å². The minimum atomic E-state index is -0.0486. The number of pyridine rings is 1. The van der Waals surface area contributed by atoms with Gasteiger partial charge in [-0.15, -0.1) is 0 Å². The molecule has 1 fully saturated rings. The van der Waals surface area contributed by atoms with E-state index in [0.717, 1.165) is 33.9 Å². The van der Waals surface area contributed by atoms with Gasteiger partial charge in [0.1, 0.15) is 5.69 Å². The van der Waals surface area contributed by atoms with Crippen molar-refractivity contribution < 1.29 is 9.59 Å². The van der Waals surface area contributed by atoms with Gasteiger partial charge in [0.05, 0.1) is 11.1 Å². The van der Waals surface area contributed by atoms with Crippen LogP contribution in [-0.4, -0.2) is 58.8 Å². The lowest BCUT2D eigenvalue weighted by molar-refractivity contribution is 0.0784. The van der Waals surface area contributed by atoms with Crippen LogP contribution in [0.4, 0.5) is 0 Å². The number of carbonyl (C=O) groups excluding carboxylic acids is 2. The molecular formula is C25H23ClN4O2. The first-order chi connectivity index (χ1) is 15.4. The van der Waals surface area contributed by atoms with Crippen LogP contribution in [0.25, 0.3) is 21.8 Å². The number of halogens is 1. The Hall–Kier alpha value is -3.38. The Morgan fingerprint density at radius 1 is 1.12 bits per heavy atom. The number of hydrogen-bond donors (Lipinski definition) is 1. The van der Waals surface area contributed by atoms with Crippen LogP contribution in [-0.2, 0) is 0 Å². The van der Waals surface area contributed by atoms with Gasteiger partial charge in [-0.25, -0.2) is 0 Å². The molecule has 1 N–H and O–H groups in total. The van der Waals surface area contributed by atoms with Crippen molar-refractivity contribution in [1.29, 1.82) is 0 Å². The summed E-state index contributed by atoms with van der Waals surface area (Å²) >= 11 is 6.07. The first-order valence-electron chi connectivity index (χ1n) is 10.6. The largest absolute Gasteiger partial charge is 0.350 e. The quantitative estimate of drug-likeness (QED) is 0.496. The third-order valence-corrected chi connectivity index (χ3v) is 6.32. The van der Waals surface area contributed by atoms with Crippen molar-refractivity contribution in [2.45, 2.75) is 12.3 Å². The van der Waals surface area contributed by atoms with E-state index in [0.29, 0.717) is 29.4 Å². The molecule has 1 saturated heterocycles. The summed E-state index contributed by atoms with van der Waals surface area (Å²) < 4.78 is 0. The second-order valence-corrected chi connectivity index (χ2v) is 8.90. The van der Waals surface area contributed by atoms with Gasteiger partial charge in [-0.2, -0.15) is 0 Å². The second-order valence-electron chi connectivity index (χ2n) is 8.46. The Labute approximate surface area is 190 Å². The zero-order valence-electron chi connectivity index (χ0n) is 17.9. The SMILES string of the molecule is CN(C)C(=O)c1cc(C2CCN(C(=O)c3cc4ccc(Cl)cc4[nH]3)C2)nc2ccccc12. The number of para-hydroxylation sites is 1. The summed E-state index contributed by atoms with van der Waals surface area (Å²) in [6.07, 6.45) is 0.804. The van der Waals surface area contributed by atoms with Crippen molar-refractivity contribution >= 4 is 45.2 Å². The number of benzene rings is 2. The number of amides is 2. The fraction of sp³-hybridized carbons (Fsp3) is 0.240. The molecule has 5 rings (SSSR count). The van der Waals surface area contributed by atoms with Gasteiger partial charge in [0.2, 0.25) is 0 Å². The molecule has 2 aromatic carbocycles. The minimum Gasteiger partial charge on any atom is -0.350 e. The van der Waals surface area contributed by atoms with Gasteiger partial charge < -0.3 is 14.8 Å². The van der Waals surface area contributed by atoms with Gasteiger partial charge in [-0.3, -0.25) is 14.6 Å². The van der Waals surface area contributed by atoms with E-state index in [1.807, 2.05) is 59.5 Å². The molecule has 1 atom stereocenters. The molecular weight excluding hydrogens is 424 g/mol. The maximum Gasteiger partial charge on any atom is 0.270 e. The van der Waals surface area contributed by atoms with Crippen molar-refractivity contribution in [2.75, 3.05) is 27.2 Å². The number of nitrogens with zero attached hydrogens (tertiary/aromatic N) is 3. The molecule has 1 aliphatic heterocycles. The highest BCUT2D eigenvalue weighted by Gasteiger charge is 2.30. The molecule has 0 aliphatic carbocycles. The average molecular weight is 447 g/mol. The van der Waals surface area contributed by atoms with E-state index in [1.165, 1.54) is 0 Å². The summed E-state index contributed by atoms with van der Waals surface area (Å²) in [6.45, 7) is 1.21. The number of rotatable bonds is 3. The van der Waals surface area contributed by atoms with Crippen molar-refractivity contribution in [1.82, 2.24) is 19.8 Å². The van der Waals surface area contributed by atoms with Crippen LogP contribution in [0.15, 0.2) is 54.6 Å². The molecule has 32 heavy (non-hydrogen) atoms. The molecule has 2 aromatic heterocycles. The van der Waals surface area contributed by atoms with Crippen molar-refractivity contribution in [3.8, 4) is 0 Å². The summed E-state index contributed by atoms with van der Waals surface area (Å²) in [7, 11) is 3.50. The predicted octanol–water partition coefficient (Wildman–Crippen LogP) is 4.70. The van der Waals surface area contributed by atoms with E-state index in [9.17, 15) is 9.59 Å². The summed E-state index contributed by atoms with van der Waals surface area (Å²) in [5.74, 6) is -0.00573. The maximum absolute atomic E-state index is 13.1. The summed E-state index contributed by atoms with van der Waals surface area (Å²) in [6, 6.07) is 17.0. The van der Waals surface area contributed by atoms with E-state index in [1.54, 1.807) is 19.0 Å². The van der Waals surface area contributed by atoms with Crippen LogP contribution < -0.4 is 0 Å². The monoisotopic (exact) mass is 446 g/mol. The summed E-state index contributed by atoms with van der Waals surface area (Å²) in [4.78, 5) is 37.4. The lowest BCUT2D eigenvalue weighted by atomic mass is 9.99. The van der Waals surface area contributed by atoms with Crippen molar-refractivity contribution in [2.24, 2.45) is 0 Å². The number of H-pyrrole nitrogens is 1. The van der Waals surface area contributed by atoms with Crippen LogP contribution >= 0.6 is 11.6 Å². The molecule has 0 radical (unpaired) electrons. The van der Waals surface area contributed by atoms with E-state index in [2.05, 4.69) is 4.98 Å². The van der Waals surface area contributed by atoms with Gasteiger partial charge >= 0.3 is 0 Å². The molecule has 1 unspecified atom stereocenters. The van der Waals surface area contributed by atoms with Crippen LogP contribution in [0.1, 0.15) is 38.9 Å². The summed E-state index contributed by atoms with van der Waals surface area (Å²) in [5.41, 5.74) is 3.70. The van der Waals surface area contributed by atoms with E-state index < -0.39 is 0 Å². The van der Waals surface area contributed by atoms with Crippen LogP contribution in [0.2, 0.25) is 5.02 Å². The molecule has 162 valence electrons. The fourth-order valence-corrected chi connectivity index (χ4v) is 4.57. The number of hydrogen-bond acceptors (Lipinski definition) is 3. The molecule has 0 bridgehead atoms. The number of aromatic amines is 1. The van der Waals surface area contributed by atoms with Gasteiger partial charge in [-0.1, -0.05) is 35.9 Å². The highest BCUT2D eigenvalue weighted by molar-refractivity contribution is 6.31. The molecule has 1 aliphatic rings. The molecule has 2 amide bonds. The number of nitrogens with one attached hydrogen (secondary N) is 1. The highest BCUT2D eigenvalue weighted by Crippen LogP contribution is 2.31. The summed E-state index contributed by atoms with van der Waals surface area (Å²) in [5, 5.41) is 2.43. The van der Waals surface area contributed by atoms with Gasteiger partial charge in [0, 0.05) is 60.1 Å². The van der Waals surface area contributed by atoms with Crippen molar-refractivity contribution in [3.05, 3.63) is 76.6 Å². The molecule has 6 nitrogen and oxygen atoms in total. The number of aromatic nitrogens is 2. The zero-order chi connectivity index (χ0) is 22.4. The normalized spacial score (nSPS) is 16.1. The Morgan fingerprint density at radius 3 is 2.75 bits per heavy atom. The lowest BCUT2D eigenvalue weighted by Gasteiger charge is -2.17. The molecule has 4 aromatic rings. The Kier molecular flexibility index (Phi) is 5.10. The molecule has 3 heterocycles. The maximum atomic E-state index is 13.1. The Bertz CT molecular complexity index is 1360. The Balaban J connectivity index is 1.43. The van der Waals surface area contributed by atoms with E-state index in [-0.39, 0.29) is 17.7 Å². The lowest BCUT2D eigenvalue weighted by Crippen LogP contribution is -2.28. The van der Waals surface area contributed by atoms with Crippen LogP contribution in [0.3, 0.4) is 0 Å². The number of likely N-dealkylation sites (tertiary alicyclic amines) is 1. The van der Waals surface area contributed by atoms with E-state index >= 15 is 0 Å². The van der Waals surface area contributed by atoms with Gasteiger partial charge in [0.15, 0.2) is 0 Å². The molecule has 7 heteroatoms. The van der Waals surface area contributed by atoms with Crippen LogP contribution in [0, 0.1) is 0 Å². The second kappa shape index (κ2) is 7.95. The first-order valence-corrected chi connectivity index (χ1v) is 11.0. The van der Waals surface area contributed by atoms with Crippen LogP contribution in [0.5, 0.6) is 0 Å². The Morgan fingerprint density at radius 2 is 1.94 bits per heavy atom.